The van der Waals surface area contributed by atoms with Crippen molar-refractivity contribution in [1.82, 2.24) is 4.13 Å². The van der Waals surface area contributed by atoms with E-state index in [-0.39, 0.29) is 13.1 Å². The van der Waals surface area contributed by atoms with Gasteiger partial charge in [-0.15, -0.1) is 0 Å². The van der Waals surface area contributed by atoms with Gasteiger partial charge in [0.1, 0.15) is 5.69 Å². The number of sulfonamides is 2. The highest BCUT2D eigenvalue weighted by Gasteiger charge is 2.50. The number of benzene rings is 1. The van der Waals surface area contributed by atoms with Crippen molar-refractivity contribution < 1.29 is 48.3 Å². The number of allylic oxidation sites excluding steroid dienone is 2. The maximum atomic E-state index is 16.1. The van der Waals surface area contributed by atoms with Crippen LogP contribution in [0.5, 0.6) is 11.5 Å². The molecule has 1 saturated heterocycles. The van der Waals surface area contributed by atoms with Crippen LogP contribution < -0.4 is 18.5 Å². The molecule has 1 N–H and O–H groups in total. The summed E-state index contributed by atoms with van der Waals surface area (Å²) in [7, 11) is -12.2. The molecule has 1 atom stereocenters. The number of piperidine rings is 1. The topological polar surface area (TPSA) is 102 Å². The molecule has 1 fully saturated rings. The third kappa shape index (κ3) is 6.89. The summed E-state index contributed by atoms with van der Waals surface area (Å²) in [5.74, 6) is -5.08. The third-order valence-corrected chi connectivity index (χ3v) is 9.33. The van der Waals surface area contributed by atoms with Crippen molar-refractivity contribution >= 4 is 25.7 Å². The first-order chi connectivity index (χ1) is 17.7. The standard InChI is InChI=1S/C23H31F5N2O6S2/c1-15(2)35-21-18(25)20(36-16-11-7-4-3-5-8-12-16)17(24)19(30-13-9-6-10-14-30)22(21)37(31,32)29-38(33,34)23(26,27)28/h3-4,15-16,29H,5-14H2,1-2H3/b4-3-. The maximum Gasteiger partial charge on any atom is 0.512 e. The Morgan fingerprint density at radius 1 is 0.921 bits per heavy atom. The Labute approximate surface area is 219 Å². The molecule has 1 aliphatic heterocycles. The summed E-state index contributed by atoms with van der Waals surface area (Å²) >= 11 is 0. The molecular formula is C23H31F5N2O6S2. The second-order valence-electron chi connectivity index (χ2n) is 9.43. The van der Waals surface area contributed by atoms with E-state index in [0.717, 1.165) is 12.8 Å². The van der Waals surface area contributed by atoms with Crippen molar-refractivity contribution in [2.24, 2.45) is 0 Å². The minimum atomic E-state index is -6.46. The molecule has 0 bridgehead atoms. The number of nitrogens with one attached hydrogen (secondary N) is 1. The predicted molar refractivity (Wildman–Crippen MR) is 130 cm³/mol. The fourth-order valence-corrected chi connectivity index (χ4v) is 7.07. The number of ether oxygens (including phenoxy) is 2. The largest absolute Gasteiger partial charge is 0.512 e. The molecule has 0 saturated carbocycles. The number of halogens is 5. The Kier molecular flexibility index (Phi) is 9.56. The second-order valence-corrected chi connectivity index (χ2v) is 13.0. The van der Waals surface area contributed by atoms with E-state index in [9.17, 15) is 30.0 Å². The monoisotopic (exact) mass is 590 g/mol. The quantitative estimate of drug-likeness (QED) is 0.331. The van der Waals surface area contributed by atoms with Crippen molar-refractivity contribution in [2.75, 3.05) is 18.0 Å². The second kappa shape index (κ2) is 11.9. The summed E-state index contributed by atoms with van der Waals surface area (Å²) < 4.78 is 133. The van der Waals surface area contributed by atoms with Gasteiger partial charge in [0, 0.05) is 13.1 Å². The number of hydrogen-bond donors (Lipinski definition) is 1. The Morgan fingerprint density at radius 3 is 2.16 bits per heavy atom. The molecule has 0 radical (unpaired) electrons. The van der Waals surface area contributed by atoms with Gasteiger partial charge in [-0.05, 0) is 65.2 Å². The predicted octanol–water partition coefficient (Wildman–Crippen LogP) is 5.14. The van der Waals surface area contributed by atoms with Gasteiger partial charge in [0.15, 0.2) is 22.2 Å². The van der Waals surface area contributed by atoms with Crippen LogP contribution in [-0.2, 0) is 20.0 Å². The Morgan fingerprint density at radius 2 is 1.55 bits per heavy atom. The van der Waals surface area contributed by atoms with Gasteiger partial charge < -0.3 is 14.4 Å². The van der Waals surface area contributed by atoms with Crippen molar-refractivity contribution in [2.45, 2.75) is 87.8 Å². The van der Waals surface area contributed by atoms with Gasteiger partial charge in [0.25, 0.3) is 10.0 Å². The van der Waals surface area contributed by atoms with E-state index in [1.807, 2.05) is 12.2 Å². The lowest BCUT2D eigenvalue weighted by Gasteiger charge is -2.33. The van der Waals surface area contributed by atoms with Gasteiger partial charge in [-0.2, -0.15) is 17.6 Å². The minimum Gasteiger partial charge on any atom is -0.486 e. The zero-order chi connectivity index (χ0) is 28.3. The normalized spacial score (nSPS) is 20.6. The molecule has 1 heterocycles. The van der Waals surface area contributed by atoms with Crippen molar-refractivity contribution in [3.8, 4) is 11.5 Å². The van der Waals surface area contributed by atoms with Crippen LogP contribution in [0.3, 0.4) is 0 Å². The number of nitrogens with zero attached hydrogens (tertiary/aromatic N) is 1. The lowest BCUT2D eigenvalue weighted by molar-refractivity contribution is -0.0441. The smallest absolute Gasteiger partial charge is 0.486 e. The zero-order valence-electron chi connectivity index (χ0n) is 21.0. The summed E-state index contributed by atoms with van der Waals surface area (Å²) in [6.07, 6.45) is 6.89. The lowest BCUT2D eigenvalue weighted by atomic mass is 10.0. The van der Waals surface area contributed by atoms with Crippen molar-refractivity contribution in [1.29, 1.82) is 0 Å². The van der Waals surface area contributed by atoms with Crippen LogP contribution in [0, 0.1) is 11.6 Å². The van der Waals surface area contributed by atoms with Crippen LogP contribution in [0.2, 0.25) is 0 Å². The van der Waals surface area contributed by atoms with Gasteiger partial charge in [-0.3, -0.25) is 0 Å². The fourth-order valence-electron chi connectivity index (χ4n) is 4.35. The molecule has 3 rings (SSSR count). The summed E-state index contributed by atoms with van der Waals surface area (Å²) in [4.78, 5) is -0.141. The molecule has 0 spiro atoms. The molecule has 15 heteroatoms. The molecule has 216 valence electrons. The lowest BCUT2D eigenvalue weighted by Crippen LogP contribution is -2.41. The summed E-state index contributed by atoms with van der Waals surface area (Å²) in [5.41, 5.74) is -6.80. The zero-order valence-corrected chi connectivity index (χ0v) is 22.6. The van der Waals surface area contributed by atoms with E-state index >= 15 is 8.78 Å². The first kappa shape index (κ1) is 30.4. The highest BCUT2D eigenvalue weighted by atomic mass is 32.3. The highest BCUT2D eigenvalue weighted by Crippen LogP contribution is 2.46. The first-order valence-corrected chi connectivity index (χ1v) is 15.3. The van der Waals surface area contributed by atoms with Crippen LogP contribution in [-0.4, -0.2) is 47.6 Å². The minimum absolute atomic E-state index is 0.0892. The van der Waals surface area contributed by atoms with Crippen LogP contribution in [0.25, 0.3) is 0 Å². The first-order valence-electron chi connectivity index (χ1n) is 12.3. The Bertz CT molecular complexity index is 1240. The molecule has 1 aromatic carbocycles. The van der Waals surface area contributed by atoms with Crippen LogP contribution in [0.4, 0.5) is 27.6 Å². The SMILES string of the molecule is CC(C)Oc1c(F)c(OC2CC/C=C\CCC2)c(F)c(N2CCCCC2)c1S(=O)(=O)NS(=O)(=O)C(F)(F)F. The Balaban J connectivity index is 2.27. The molecule has 2 aliphatic rings. The van der Waals surface area contributed by atoms with Crippen molar-refractivity contribution in [3.05, 3.63) is 23.8 Å². The van der Waals surface area contributed by atoms with E-state index in [4.69, 9.17) is 9.47 Å². The van der Waals surface area contributed by atoms with Gasteiger partial charge in [0.2, 0.25) is 5.82 Å². The van der Waals surface area contributed by atoms with Gasteiger partial charge in [0.05, 0.1) is 12.2 Å². The average molecular weight is 591 g/mol. The van der Waals surface area contributed by atoms with E-state index in [2.05, 4.69) is 0 Å². The van der Waals surface area contributed by atoms with Gasteiger partial charge in [-0.1, -0.05) is 16.3 Å². The number of rotatable bonds is 8. The summed E-state index contributed by atoms with van der Waals surface area (Å²) in [6.45, 7) is 2.96. The molecular weight excluding hydrogens is 559 g/mol. The van der Waals surface area contributed by atoms with E-state index in [1.54, 1.807) is 0 Å². The highest BCUT2D eigenvalue weighted by molar-refractivity contribution is 8.05. The average Bonchev–Trinajstić information content (AvgIpc) is 2.78. The molecule has 1 unspecified atom stereocenters. The molecule has 0 aromatic heterocycles. The number of anilines is 1. The van der Waals surface area contributed by atoms with Crippen molar-refractivity contribution in [3.63, 3.8) is 0 Å². The molecule has 1 aromatic rings. The van der Waals surface area contributed by atoms with E-state index in [0.29, 0.717) is 42.7 Å². The maximum absolute atomic E-state index is 16.1. The molecule has 8 nitrogen and oxygen atoms in total. The molecule has 1 aliphatic carbocycles. The van der Waals surface area contributed by atoms with Crippen LogP contribution in [0.1, 0.15) is 65.2 Å². The Hall–Kier alpha value is -2.13. The van der Waals surface area contributed by atoms with Crippen LogP contribution in [0.15, 0.2) is 17.0 Å². The number of alkyl halides is 3. The van der Waals surface area contributed by atoms with E-state index in [1.165, 1.54) is 18.7 Å². The molecule has 38 heavy (non-hydrogen) atoms. The van der Waals surface area contributed by atoms with E-state index < -0.39 is 71.5 Å². The van der Waals surface area contributed by atoms with Gasteiger partial charge >= 0.3 is 15.5 Å². The van der Waals surface area contributed by atoms with Gasteiger partial charge in [-0.25, -0.2) is 21.2 Å². The molecule has 0 amide bonds. The summed E-state index contributed by atoms with van der Waals surface area (Å²) in [5, 5.41) is 0. The summed E-state index contributed by atoms with van der Waals surface area (Å²) in [6, 6.07) is 0. The number of hydrogen-bond acceptors (Lipinski definition) is 7. The third-order valence-electron chi connectivity index (χ3n) is 6.05. The fraction of sp³-hybridized carbons (Fsp3) is 0.652. The van der Waals surface area contributed by atoms with Crippen LogP contribution >= 0.6 is 0 Å².